The fraction of sp³-hybridized carbons (Fsp3) is 0.286. The molecule has 0 spiro atoms. The van der Waals surface area contributed by atoms with E-state index in [1.54, 1.807) is 0 Å². The zero-order chi connectivity index (χ0) is 17.1. The highest BCUT2D eigenvalue weighted by atomic mass is 16.5. The predicted molar refractivity (Wildman–Crippen MR) is 97.8 cm³/mol. The van der Waals surface area contributed by atoms with Gasteiger partial charge in [0.2, 0.25) is 0 Å². The largest absolute Gasteiger partial charge is 0.493 e. The van der Waals surface area contributed by atoms with Crippen LogP contribution in [0, 0.1) is 5.92 Å². The number of hydrogen-bond donors (Lipinski definition) is 1. The van der Waals surface area contributed by atoms with E-state index < -0.39 is 0 Å². The van der Waals surface area contributed by atoms with Crippen molar-refractivity contribution in [2.75, 3.05) is 6.61 Å². The number of rotatable bonds is 5. The second kappa shape index (κ2) is 7.11. The van der Waals surface area contributed by atoms with Gasteiger partial charge >= 0.3 is 0 Å². The van der Waals surface area contributed by atoms with Crippen LogP contribution in [-0.2, 0) is 0 Å². The van der Waals surface area contributed by atoms with E-state index in [1.807, 2.05) is 59.4 Å². The molecule has 0 saturated heterocycles. The van der Waals surface area contributed by atoms with Crippen LogP contribution >= 0.6 is 0 Å². The van der Waals surface area contributed by atoms with Gasteiger partial charge in [-0.15, -0.1) is 0 Å². The van der Waals surface area contributed by atoms with Gasteiger partial charge in [-0.05, 0) is 43.2 Å². The minimum atomic E-state index is -0.209. The Bertz CT molecular complexity index is 811. The van der Waals surface area contributed by atoms with Gasteiger partial charge in [0.15, 0.2) is 0 Å². The van der Waals surface area contributed by atoms with E-state index in [9.17, 15) is 5.11 Å². The smallest absolute Gasteiger partial charge is 0.119 e. The monoisotopic (exact) mass is 334 g/mol. The molecule has 2 aromatic carbocycles. The van der Waals surface area contributed by atoms with Gasteiger partial charge < -0.3 is 9.84 Å². The Morgan fingerprint density at radius 1 is 1.00 bits per heavy atom. The summed E-state index contributed by atoms with van der Waals surface area (Å²) in [6.45, 7) is 0.584. The number of ether oxygens (including phenoxy) is 1. The highest BCUT2D eigenvalue weighted by molar-refractivity contribution is 5.58. The van der Waals surface area contributed by atoms with Crippen molar-refractivity contribution in [2.45, 2.75) is 25.4 Å². The number of aliphatic hydroxyl groups is 1. The summed E-state index contributed by atoms with van der Waals surface area (Å²) < 4.78 is 7.70. The van der Waals surface area contributed by atoms with E-state index in [1.165, 1.54) is 0 Å². The molecule has 1 aliphatic rings. The van der Waals surface area contributed by atoms with E-state index in [0.717, 1.165) is 42.0 Å². The maximum absolute atomic E-state index is 9.86. The molecule has 4 nitrogen and oxygen atoms in total. The Kier molecular flexibility index (Phi) is 4.53. The van der Waals surface area contributed by atoms with Gasteiger partial charge in [-0.1, -0.05) is 36.8 Å². The molecule has 0 amide bonds. The van der Waals surface area contributed by atoms with Crippen molar-refractivity contribution in [3.05, 3.63) is 66.9 Å². The van der Waals surface area contributed by atoms with Crippen molar-refractivity contribution in [3.63, 3.8) is 0 Å². The van der Waals surface area contributed by atoms with Crippen LogP contribution in [0.3, 0.4) is 0 Å². The zero-order valence-corrected chi connectivity index (χ0v) is 14.1. The standard InChI is InChI=1S/C21H22N2O2/c24-21-8-4-7-17(21)15-25-19-11-9-18(10-12-19)23-14-13-20(22-23)16-5-2-1-3-6-16/h1-3,5-6,9-14,17,21,24H,4,7-8,15H2. The molecule has 128 valence electrons. The number of nitrogens with zero attached hydrogens (tertiary/aromatic N) is 2. The molecule has 0 aliphatic heterocycles. The van der Waals surface area contributed by atoms with Gasteiger partial charge in [-0.25, -0.2) is 4.68 Å². The van der Waals surface area contributed by atoms with E-state index in [4.69, 9.17) is 4.74 Å². The lowest BCUT2D eigenvalue weighted by Crippen LogP contribution is -2.20. The first-order chi connectivity index (χ1) is 12.3. The first-order valence-electron chi connectivity index (χ1n) is 8.82. The Labute approximate surface area is 147 Å². The van der Waals surface area contributed by atoms with Crippen LogP contribution in [0.2, 0.25) is 0 Å². The second-order valence-corrected chi connectivity index (χ2v) is 6.57. The number of hydrogen-bond acceptors (Lipinski definition) is 3. The Morgan fingerprint density at radius 3 is 2.52 bits per heavy atom. The summed E-state index contributed by atoms with van der Waals surface area (Å²) in [5.74, 6) is 1.09. The third-order valence-electron chi connectivity index (χ3n) is 4.84. The summed E-state index contributed by atoms with van der Waals surface area (Å²) in [6.07, 6.45) is 4.80. The van der Waals surface area contributed by atoms with Crippen LogP contribution < -0.4 is 4.74 Å². The SMILES string of the molecule is OC1CCCC1COc1ccc(-n2ccc(-c3ccccc3)n2)cc1. The van der Waals surface area contributed by atoms with E-state index in [2.05, 4.69) is 17.2 Å². The minimum absolute atomic E-state index is 0.209. The second-order valence-electron chi connectivity index (χ2n) is 6.57. The van der Waals surface area contributed by atoms with Gasteiger partial charge in [0.1, 0.15) is 5.75 Å². The Hall–Kier alpha value is -2.59. The van der Waals surface area contributed by atoms with Crippen LogP contribution in [0.15, 0.2) is 66.9 Å². The maximum atomic E-state index is 9.86. The molecule has 4 heteroatoms. The topological polar surface area (TPSA) is 47.3 Å². The number of aromatic nitrogens is 2. The molecule has 1 heterocycles. The van der Waals surface area contributed by atoms with Crippen LogP contribution in [0.4, 0.5) is 0 Å². The summed E-state index contributed by atoms with van der Waals surface area (Å²) in [6, 6.07) is 20.1. The fourth-order valence-electron chi connectivity index (χ4n) is 3.34. The highest BCUT2D eigenvalue weighted by Crippen LogP contribution is 2.26. The maximum Gasteiger partial charge on any atom is 0.119 e. The zero-order valence-electron chi connectivity index (χ0n) is 14.1. The molecular formula is C21H22N2O2. The third kappa shape index (κ3) is 3.59. The van der Waals surface area contributed by atoms with E-state index in [0.29, 0.717) is 6.61 Å². The lowest BCUT2D eigenvalue weighted by molar-refractivity contribution is 0.0986. The molecule has 1 saturated carbocycles. The molecule has 4 rings (SSSR count). The molecule has 0 radical (unpaired) electrons. The first-order valence-corrected chi connectivity index (χ1v) is 8.82. The average Bonchev–Trinajstić information content (AvgIpc) is 3.30. The fourth-order valence-corrected chi connectivity index (χ4v) is 3.34. The Balaban J connectivity index is 1.43. The van der Waals surface area contributed by atoms with Crippen molar-refractivity contribution in [2.24, 2.45) is 5.92 Å². The van der Waals surface area contributed by atoms with Crippen molar-refractivity contribution in [3.8, 4) is 22.7 Å². The van der Waals surface area contributed by atoms with Crippen LogP contribution in [0.25, 0.3) is 16.9 Å². The highest BCUT2D eigenvalue weighted by Gasteiger charge is 2.25. The van der Waals surface area contributed by atoms with E-state index >= 15 is 0 Å². The molecule has 1 fully saturated rings. The Morgan fingerprint density at radius 2 is 1.80 bits per heavy atom. The van der Waals surface area contributed by atoms with Crippen LogP contribution in [0.5, 0.6) is 5.75 Å². The minimum Gasteiger partial charge on any atom is -0.493 e. The molecule has 1 N–H and O–H groups in total. The van der Waals surface area contributed by atoms with Crippen molar-refractivity contribution < 1.29 is 9.84 Å². The summed E-state index contributed by atoms with van der Waals surface area (Å²) in [7, 11) is 0. The quantitative estimate of drug-likeness (QED) is 0.765. The molecule has 1 aromatic heterocycles. The number of benzene rings is 2. The normalized spacial score (nSPS) is 19.9. The summed E-state index contributed by atoms with van der Waals surface area (Å²) >= 11 is 0. The lowest BCUT2D eigenvalue weighted by atomic mass is 10.1. The van der Waals surface area contributed by atoms with Gasteiger partial charge in [0.05, 0.1) is 24.1 Å². The van der Waals surface area contributed by atoms with Crippen LogP contribution in [-0.4, -0.2) is 27.6 Å². The average molecular weight is 334 g/mol. The summed E-state index contributed by atoms with van der Waals surface area (Å²) in [5, 5.41) is 14.5. The van der Waals surface area contributed by atoms with Gasteiger partial charge in [-0.3, -0.25) is 0 Å². The lowest BCUT2D eigenvalue weighted by Gasteiger charge is -2.15. The predicted octanol–water partition coefficient (Wildman–Crippen LogP) is 4.08. The van der Waals surface area contributed by atoms with Gasteiger partial charge in [0, 0.05) is 17.7 Å². The van der Waals surface area contributed by atoms with Crippen LogP contribution in [0.1, 0.15) is 19.3 Å². The third-order valence-corrected chi connectivity index (χ3v) is 4.84. The summed E-state index contributed by atoms with van der Waals surface area (Å²) in [4.78, 5) is 0. The molecular weight excluding hydrogens is 312 g/mol. The van der Waals surface area contributed by atoms with E-state index in [-0.39, 0.29) is 12.0 Å². The summed E-state index contributed by atoms with van der Waals surface area (Å²) in [5.41, 5.74) is 3.06. The molecule has 2 atom stereocenters. The van der Waals surface area contributed by atoms with Gasteiger partial charge in [0.25, 0.3) is 0 Å². The molecule has 0 bridgehead atoms. The van der Waals surface area contributed by atoms with Crippen molar-refractivity contribution in [1.82, 2.24) is 9.78 Å². The van der Waals surface area contributed by atoms with Crippen molar-refractivity contribution >= 4 is 0 Å². The molecule has 25 heavy (non-hydrogen) atoms. The van der Waals surface area contributed by atoms with Gasteiger partial charge in [-0.2, -0.15) is 5.10 Å². The first kappa shape index (κ1) is 15.9. The molecule has 2 unspecified atom stereocenters. The number of aliphatic hydroxyl groups excluding tert-OH is 1. The van der Waals surface area contributed by atoms with Crippen molar-refractivity contribution in [1.29, 1.82) is 0 Å². The molecule has 1 aliphatic carbocycles. The molecule has 3 aromatic rings.